The molecule has 0 saturated carbocycles. The molecule has 3 aromatic rings. The standard InChI is InChI=1S/C16H16N4O2S.C2HF3O2/c1-10-11(2)20(9-17-10)13-6-4-12(5-7-13)18-15(21)14-8-23-19-16(14)22-3;3-2(4,5)1(6)7/h4-9H,1-3H3,(H,18,21);(H,6,7). The summed E-state index contributed by atoms with van der Waals surface area (Å²) < 4.78 is 42.8. The van der Waals surface area contributed by atoms with E-state index >= 15 is 0 Å². The molecule has 3 rings (SSSR count). The summed E-state index contributed by atoms with van der Waals surface area (Å²) in [6.07, 6.45) is -3.29. The third-order valence-electron chi connectivity index (χ3n) is 3.87. The van der Waals surface area contributed by atoms with Crippen LogP contribution in [0, 0.1) is 13.8 Å². The second-order valence-corrected chi connectivity index (χ2v) is 6.46. The summed E-state index contributed by atoms with van der Waals surface area (Å²) in [5.74, 6) is -2.65. The summed E-state index contributed by atoms with van der Waals surface area (Å²) in [6.45, 7) is 4.00. The number of nitrogens with one attached hydrogen (secondary N) is 1. The van der Waals surface area contributed by atoms with Crippen LogP contribution in [0.15, 0.2) is 36.0 Å². The number of imidazole rings is 1. The van der Waals surface area contributed by atoms with Crippen LogP contribution in [0.4, 0.5) is 18.9 Å². The first-order chi connectivity index (χ1) is 14.0. The minimum absolute atomic E-state index is 0.238. The summed E-state index contributed by atoms with van der Waals surface area (Å²) in [4.78, 5) is 25.4. The molecule has 2 aromatic heterocycles. The van der Waals surface area contributed by atoms with Gasteiger partial charge in [0.15, 0.2) is 0 Å². The van der Waals surface area contributed by atoms with E-state index in [4.69, 9.17) is 14.6 Å². The van der Waals surface area contributed by atoms with Crippen molar-refractivity contribution in [3.8, 4) is 11.6 Å². The van der Waals surface area contributed by atoms with E-state index in [0.29, 0.717) is 17.1 Å². The predicted molar refractivity (Wildman–Crippen MR) is 103 cm³/mol. The van der Waals surface area contributed by atoms with Crippen molar-refractivity contribution in [3.63, 3.8) is 0 Å². The third-order valence-corrected chi connectivity index (χ3v) is 4.48. The molecule has 0 aliphatic rings. The smallest absolute Gasteiger partial charge is 0.480 e. The zero-order valence-corrected chi connectivity index (χ0v) is 16.8. The zero-order chi connectivity index (χ0) is 22.5. The average Bonchev–Trinajstić information content (AvgIpc) is 3.29. The number of aliphatic carboxylic acids is 1. The van der Waals surface area contributed by atoms with Gasteiger partial charge < -0.3 is 19.7 Å². The van der Waals surface area contributed by atoms with E-state index in [1.54, 1.807) is 11.7 Å². The van der Waals surface area contributed by atoms with Gasteiger partial charge in [-0.3, -0.25) is 4.79 Å². The SMILES string of the molecule is COc1nscc1C(=O)Nc1ccc(-n2cnc(C)c2C)cc1.O=C(O)C(F)(F)F. The number of anilines is 1. The average molecular weight is 442 g/mol. The second kappa shape index (κ2) is 9.39. The molecule has 0 aliphatic heterocycles. The first-order valence-corrected chi connectivity index (χ1v) is 9.09. The number of amides is 1. The number of carbonyl (C=O) groups is 2. The molecule has 0 atom stereocenters. The Morgan fingerprint density at radius 2 is 1.80 bits per heavy atom. The molecule has 30 heavy (non-hydrogen) atoms. The number of aromatic nitrogens is 3. The molecule has 2 heterocycles. The lowest BCUT2D eigenvalue weighted by molar-refractivity contribution is -0.192. The van der Waals surface area contributed by atoms with E-state index in [1.807, 2.05) is 42.7 Å². The lowest BCUT2D eigenvalue weighted by Gasteiger charge is -2.08. The first-order valence-electron chi connectivity index (χ1n) is 8.25. The number of benzene rings is 1. The minimum atomic E-state index is -5.08. The van der Waals surface area contributed by atoms with Gasteiger partial charge in [0.2, 0.25) is 5.88 Å². The number of carbonyl (C=O) groups excluding carboxylic acids is 1. The number of carboxylic acids is 1. The molecular formula is C18H17F3N4O4S. The van der Waals surface area contributed by atoms with E-state index < -0.39 is 12.1 Å². The Hall–Kier alpha value is -3.41. The summed E-state index contributed by atoms with van der Waals surface area (Å²) >= 11 is 1.19. The maximum Gasteiger partial charge on any atom is 0.490 e. The molecule has 1 amide bonds. The van der Waals surface area contributed by atoms with Gasteiger partial charge in [-0.25, -0.2) is 9.78 Å². The van der Waals surface area contributed by atoms with Crippen molar-refractivity contribution < 1.29 is 32.6 Å². The molecule has 8 nitrogen and oxygen atoms in total. The van der Waals surface area contributed by atoms with Crippen molar-refractivity contribution in [2.45, 2.75) is 20.0 Å². The van der Waals surface area contributed by atoms with E-state index in [0.717, 1.165) is 17.1 Å². The van der Waals surface area contributed by atoms with Crippen LogP contribution in [0.25, 0.3) is 5.69 Å². The number of methoxy groups -OCH3 is 1. The van der Waals surface area contributed by atoms with Crippen LogP contribution in [0.5, 0.6) is 5.88 Å². The highest BCUT2D eigenvalue weighted by Crippen LogP contribution is 2.21. The predicted octanol–water partition coefficient (Wildman–Crippen LogP) is 3.84. The lowest BCUT2D eigenvalue weighted by Crippen LogP contribution is -2.21. The van der Waals surface area contributed by atoms with Crippen molar-refractivity contribution in [1.29, 1.82) is 0 Å². The Labute approximate surface area is 173 Å². The number of halogens is 3. The third kappa shape index (κ3) is 5.56. The van der Waals surface area contributed by atoms with Gasteiger partial charge in [-0.2, -0.15) is 17.5 Å². The van der Waals surface area contributed by atoms with Crippen LogP contribution in [0.3, 0.4) is 0 Å². The van der Waals surface area contributed by atoms with Gasteiger partial charge in [0.25, 0.3) is 5.91 Å². The summed E-state index contributed by atoms with van der Waals surface area (Å²) in [6, 6.07) is 7.59. The van der Waals surface area contributed by atoms with Crippen LogP contribution in [0.1, 0.15) is 21.7 Å². The molecule has 0 fully saturated rings. The minimum Gasteiger partial charge on any atom is -0.480 e. The van der Waals surface area contributed by atoms with Crippen molar-refractivity contribution in [2.75, 3.05) is 12.4 Å². The number of aryl methyl sites for hydroxylation is 1. The molecule has 1 aromatic carbocycles. The number of hydrogen-bond acceptors (Lipinski definition) is 6. The number of hydrogen-bond donors (Lipinski definition) is 2. The number of ether oxygens (including phenoxy) is 1. The number of alkyl halides is 3. The molecule has 0 unspecified atom stereocenters. The van der Waals surface area contributed by atoms with Gasteiger partial charge in [-0.15, -0.1) is 0 Å². The highest BCUT2D eigenvalue weighted by atomic mass is 32.1. The molecule has 0 aliphatic carbocycles. The fourth-order valence-corrected chi connectivity index (χ4v) is 2.82. The van der Waals surface area contributed by atoms with Crippen LogP contribution in [-0.2, 0) is 4.79 Å². The zero-order valence-electron chi connectivity index (χ0n) is 16.0. The molecule has 12 heteroatoms. The highest BCUT2D eigenvalue weighted by Gasteiger charge is 2.38. The Morgan fingerprint density at radius 1 is 1.20 bits per heavy atom. The summed E-state index contributed by atoms with van der Waals surface area (Å²) in [5, 5.41) is 11.6. The van der Waals surface area contributed by atoms with Crippen molar-refractivity contribution in [3.05, 3.63) is 52.9 Å². The molecule has 2 N–H and O–H groups in total. The largest absolute Gasteiger partial charge is 0.490 e. The first kappa shape index (κ1) is 22.9. The summed E-state index contributed by atoms with van der Waals surface area (Å²) in [5.41, 5.74) is 4.23. The van der Waals surface area contributed by atoms with Gasteiger partial charge in [0.05, 0.1) is 19.1 Å². The number of rotatable bonds is 4. The van der Waals surface area contributed by atoms with E-state index in [9.17, 15) is 18.0 Å². The molecule has 0 radical (unpaired) electrons. The van der Waals surface area contributed by atoms with Crippen molar-refractivity contribution in [2.24, 2.45) is 0 Å². The van der Waals surface area contributed by atoms with Gasteiger partial charge in [-0.05, 0) is 49.6 Å². The Kier molecular flexibility index (Phi) is 7.16. The van der Waals surface area contributed by atoms with Gasteiger partial charge >= 0.3 is 12.1 Å². The Bertz CT molecular complexity index is 1030. The Morgan fingerprint density at radius 3 is 2.27 bits per heavy atom. The van der Waals surface area contributed by atoms with Crippen LogP contribution in [0.2, 0.25) is 0 Å². The van der Waals surface area contributed by atoms with Crippen molar-refractivity contribution in [1.82, 2.24) is 13.9 Å². The molecular weight excluding hydrogens is 425 g/mol. The van der Waals surface area contributed by atoms with Crippen LogP contribution >= 0.6 is 11.5 Å². The van der Waals surface area contributed by atoms with Crippen molar-refractivity contribution >= 4 is 29.1 Å². The van der Waals surface area contributed by atoms with Gasteiger partial charge in [0, 0.05) is 22.4 Å². The second-order valence-electron chi connectivity index (χ2n) is 5.83. The van der Waals surface area contributed by atoms with Gasteiger partial charge in [-0.1, -0.05) is 0 Å². The topological polar surface area (TPSA) is 106 Å². The monoisotopic (exact) mass is 442 g/mol. The number of nitrogens with zero attached hydrogens (tertiary/aromatic N) is 3. The lowest BCUT2D eigenvalue weighted by atomic mass is 10.2. The highest BCUT2D eigenvalue weighted by molar-refractivity contribution is 7.04. The Balaban J connectivity index is 0.000000396. The maximum atomic E-state index is 12.2. The number of carboxylic acid groups (broad SMARTS) is 1. The summed E-state index contributed by atoms with van der Waals surface area (Å²) in [7, 11) is 1.50. The van der Waals surface area contributed by atoms with E-state index in [1.165, 1.54) is 18.6 Å². The van der Waals surface area contributed by atoms with Crippen LogP contribution < -0.4 is 10.1 Å². The van der Waals surface area contributed by atoms with E-state index in [-0.39, 0.29) is 5.91 Å². The van der Waals surface area contributed by atoms with Gasteiger partial charge in [0.1, 0.15) is 5.56 Å². The normalized spacial score (nSPS) is 10.7. The molecule has 0 saturated heterocycles. The fourth-order valence-electron chi connectivity index (χ4n) is 2.19. The quantitative estimate of drug-likeness (QED) is 0.636. The molecule has 0 bridgehead atoms. The molecule has 0 spiro atoms. The fraction of sp³-hybridized carbons (Fsp3) is 0.222. The van der Waals surface area contributed by atoms with Crippen LogP contribution in [-0.4, -0.2) is 44.2 Å². The maximum absolute atomic E-state index is 12.2. The molecule has 160 valence electrons. The van der Waals surface area contributed by atoms with E-state index in [2.05, 4.69) is 14.7 Å².